The zero-order valence-electron chi connectivity index (χ0n) is 13.5. The van der Waals surface area contributed by atoms with Gasteiger partial charge in [0.1, 0.15) is 5.78 Å². The second kappa shape index (κ2) is 7.79. The van der Waals surface area contributed by atoms with Crippen molar-refractivity contribution in [1.82, 2.24) is 4.90 Å². The molecule has 2 aliphatic rings. The van der Waals surface area contributed by atoms with Crippen molar-refractivity contribution in [3.8, 4) is 0 Å². The van der Waals surface area contributed by atoms with E-state index in [1.807, 2.05) is 0 Å². The van der Waals surface area contributed by atoms with Crippen LogP contribution < -0.4 is 0 Å². The summed E-state index contributed by atoms with van der Waals surface area (Å²) in [7, 11) is 0. The average Bonchev–Trinajstić information content (AvgIpc) is 2.34. The van der Waals surface area contributed by atoms with Crippen LogP contribution in [0.5, 0.6) is 0 Å². The summed E-state index contributed by atoms with van der Waals surface area (Å²) in [4.78, 5) is 14.9. The van der Waals surface area contributed by atoms with Crippen LogP contribution in [-0.4, -0.2) is 30.3 Å². The monoisotopic (exact) mass is 301 g/mol. The molecule has 1 aliphatic carbocycles. The third kappa shape index (κ3) is 5.37. The van der Waals surface area contributed by atoms with Crippen LogP contribution in [0.1, 0.15) is 65.7 Å². The average molecular weight is 302 g/mol. The van der Waals surface area contributed by atoms with Crippen molar-refractivity contribution in [2.45, 2.75) is 65.7 Å². The van der Waals surface area contributed by atoms with Gasteiger partial charge in [-0.2, -0.15) is 0 Å². The Hall–Kier alpha value is -0.0800. The van der Waals surface area contributed by atoms with Gasteiger partial charge in [0.05, 0.1) is 0 Å². The zero-order valence-corrected chi connectivity index (χ0v) is 14.3. The number of ketones is 1. The highest BCUT2D eigenvalue weighted by atomic mass is 35.5. The number of hydrogen-bond donors (Lipinski definition) is 0. The highest BCUT2D eigenvalue weighted by Gasteiger charge is 2.35. The van der Waals surface area contributed by atoms with Gasteiger partial charge in [-0.05, 0) is 56.5 Å². The standard InChI is InChI=1S/C17H31NO.ClH/c1-14-11-15(13-17(2,3)12-14)16(19)7-10-18-8-5-4-6-9-18;/h14-15H,4-13H2,1-3H3;1H. The fourth-order valence-corrected chi connectivity index (χ4v) is 4.25. The Balaban J connectivity index is 0.00000200. The maximum Gasteiger partial charge on any atom is 0.137 e. The molecule has 0 bridgehead atoms. The van der Waals surface area contributed by atoms with Gasteiger partial charge < -0.3 is 4.90 Å². The predicted octanol–water partition coefficient (Wildman–Crippen LogP) is 4.32. The SMILES string of the molecule is CC1CC(C(=O)CCN2CCCCC2)CC(C)(C)C1.Cl. The molecule has 1 saturated carbocycles. The molecular weight excluding hydrogens is 270 g/mol. The van der Waals surface area contributed by atoms with Crippen molar-refractivity contribution in [2.24, 2.45) is 17.3 Å². The van der Waals surface area contributed by atoms with Crippen LogP contribution >= 0.6 is 12.4 Å². The van der Waals surface area contributed by atoms with E-state index < -0.39 is 0 Å². The molecule has 118 valence electrons. The minimum atomic E-state index is 0. The number of hydrogen-bond acceptors (Lipinski definition) is 2. The van der Waals surface area contributed by atoms with E-state index >= 15 is 0 Å². The second-order valence-corrected chi connectivity index (χ2v) is 7.73. The molecular formula is C17H32ClNO. The predicted molar refractivity (Wildman–Crippen MR) is 87.4 cm³/mol. The number of Topliss-reactive ketones (excluding diaryl/α,β-unsaturated/α-hetero) is 1. The Bertz CT molecular complexity index is 310. The topological polar surface area (TPSA) is 20.3 Å². The number of carbonyl (C=O) groups is 1. The van der Waals surface area contributed by atoms with Crippen LogP contribution in [0.4, 0.5) is 0 Å². The first kappa shape index (κ1) is 18.0. The molecule has 0 aromatic heterocycles. The van der Waals surface area contributed by atoms with Crippen LogP contribution in [-0.2, 0) is 4.79 Å². The van der Waals surface area contributed by atoms with Gasteiger partial charge in [-0.15, -0.1) is 12.4 Å². The minimum absolute atomic E-state index is 0. The van der Waals surface area contributed by atoms with Gasteiger partial charge in [-0.1, -0.05) is 27.2 Å². The van der Waals surface area contributed by atoms with Crippen LogP contribution in [0.25, 0.3) is 0 Å². The smallest absolute Gasteiger partial charge is 0.137 e. The van der Waals surface area contributed by atoms with Crippen molar-refractivity contribution < 1.29 is 4.79 Å². The van der Waals surface area contributed by atoms with Crippen molar-refractivity contribution in [3.63, 3.8) is 0 Å². The number of likely N-dealkylation sites (tertiary alicyclic amines) is 1. The van der Waals surface area contributed by atoms with E-state index in [9.17, 15) is 4.79 Å². The summed E-state index contributed by atoms with van der Waals surface area (Å²) in [6.07, 6.45) is 8.32. The first-order chi connectivity index (χ1) is 8.96. The molecule has 3 heteroatoms. The Morgan fingerprint density at radius 1 is 1.15 bits per heavy atom. The largest absolute Gasteiger partial charge is 0.303 e. The van der Waals surface area contributed by atoms with Crippen LogP contribution in [0.2, 0.25) is 0 Å². The first-order valence-electron chi connectivity index (χ1n) is 8.21. The highest BCUT2D eigenvalue weighted by molar-refractivity contribution is 5.85. The first-order valence-corrected chi connectivity index (χ1v) is 8.21. The maximum absolute atomic E-state index is 12.4. The molecule has 1 aliphatic heterocycles. The highest BCUT2D eigenvalue weighted by Crippen LogP contribution is 2.42. The van der Waals surface area contributed by atoms with Crippen LogP contribution in [0.3, 0.4) is 0 Å². The van der Waals surface area contributed by atoms with Gasteiger partial charge in [0.2, 0.25) is 0 Å². The molecule has 0 aromatic rings. The quantitative estimate of drug-likeness (QED) is 0.771. The Labute approximate surface area is 131 Å². The lowest BCUT2D eigenvalue weighted by molar-refractivity contribution is -0.126. The number of nitrogens with zero attached hydrogens (tertiary/aromatic N) is 1. The van der Waals surface area contributed by atoms with E-state index in [4.69, 9.17) is 0 Å². The van der Waals surface area contributed by atoms with Gasteiger partial charge in [0.15, 0.2) is 0 Å². The van der Waals surface area contributed by atoms with Gasteiger partial charge in [0, 0.05) is 18.9 Å². The molecule has 0 N–H and O–H groups in total. The van der Waals surface area contributed by atoms with Crippen molar-refractivity contribution in [2.75, 3.05) is 19.6 Å². The number of piperidine rings is 1. The molecule has 0 amide bonds. The molecule has 0 radical (unpaired) electrons. The summed E-state index contributed by atoms with van der Waals surface area (Å²) in [6.45, 7) is 10.4. The van der Waals surface area contributed by atoms with Crippen molar-refractivity contribution in [1.29, 1.82) is 0 Å². The molecule has 0 spiro atoms. The molecule has 1 heterocycles. The van der Waals surface area contributed by atoms with Crippen LogP contribution in [0.15, 0.2) is 0 Å². The number of halogens is 1. The summed E-state index contributed by atoms with van der Waals surface area (Å²) in [5.74, 6) is 1.58. The molecule has 2 nitrogen and oxygen atoms in total. The number of rotatable bonds is 4. The Morgan fingerprint density at radius 2 is 1.80 bits per heavy atom. The van der Waals surface area contributed by atoms with Gasteiger partial charge >= 0.3 is 0 Å². The summed E-state index contributed by atoms with van der Waals surface area (Å²) in [5.41, 5.74) is 0.364. The molecule has 2 rings (SSSR count). The van der Waals surface area contributed by atoms with E-state index in [0.29, 0.717) is 23.0 Å². The molecule has 0 aromatic carbocycles. The Morgan fingerprint density at radius 3 is 2.40 bits per heavy atom. The lowest BCUT2D eigenvalue weighted by atomic mass is 9.66. The van der Waals surface area contributed by atoms with E-state index in [-0.39, 0.29) is 12.4 Å². The lowest BCUT2D eigenvalue weighted by Crippen LogP contribution is -2.35. The zero-order chi connectivity index (χ0) is 13.9. The molecule has 1 saturated heterocycles. The molecule has 2 unspecified atom stereocenters. The van der Waals surface area contributed by atoms with Crippen molar-refractivity contribution in [3.05, 3.63) is 0 Å². The van der Waals surface area contributed by atoms with E-state index in [2.05, 4.69) is 25.7 Å². The fourth-order valence-electron chi connectivity index (χ4n) is 4.25. The summed E-state index contributed by atoms with van der Waals surface area (Å²) >= 11 is 0. The fraction of sp³-hybridized carbons (Fsp3) is 0.941. The maximum atomic E-state index is 12.4. The summed E-state index contributed by atoms with van der Waals surface area (Å²) in [6, 6.07) is 0. The van der Waals surface area contributed by atoms with Crippen LogP contribution in [0, 0.1) is 17.3 Å². The molecule has 2 atom stereocenters. The van der Waals surface area contributed by atoms with E-state index in [1.54, 1.807) is 0 Å². The lowest BCUT2D eigenvalue weighted by Gasteiger charge is -2.38. The van der Waals surface area contributed by atoms with E-state index in [0.717, 1.165) is 25.8 Å². The summed E-state index contributed by atoms with van der Waals surface area (Å²) < 4.78 is 0. The van der Waals surface area contributed by atoms with Gasteiger partial charge in [0.25, 0.3) is 0 Å². The third-order valence-electron chi connectivity index (χ3n) is 4.97. The Kier molecular flexibility index (Phi) is 7.00. The normalized spacial score (nSPS) is 30.6. The molecule has 2 fully saturated rings. The third-order valence-corrected chi connectivity index (χ3v) is 4.97. The molecule has 20 heavy (non-hydrogen) atoms. The number of carbonyl (C=O) groups excluding carboxylic acids is 1. The second-order valence-electron chi connectivity index (χ2n) is 7.73. The van der Waals surface area contributed by atoms with E-state index in [1.165, 1.54) is 38.8 Å². The summed E-state index contributed by atoms with van der Waals surface area (Å²) in [5, 5.41) is 0. The van der Waals surface area contributed by atoms with Gasteiger partial charge in [-0.3, -0.25) is 4.79 Å². The van der Waals surface area contributed by atoms with Gasteiger partial charge in [-0.25, -0.2) is 0 Å². The minimum Gasteiger partial charge on any atom is -0.303 e. The van der Waals surface area contributed by atoms with Crippen molar-refractivity contribution >= 4 is 18.2 Å².